The first kappa shape index (κ1) is 15.3. The molecule has 106 valence electrons. The summed E-state index contributed by atoms with van der Waals surface area (Å²) in [6.45, 7) is 0. The fourth-order valence-electron chi connectivity index (χ4n) is 2.88. The monoisotopic (exact) mass is 346 g/mol. The van der Waals surface area contributed by atoms with Crippen molar-refractivity contribution in [2.75, 3.05) is 0 Å². The molecule has 2 aliphatic carbocycles. The minimum Gasteiger partial charge on any atom is -0.199 e. The molecule has 0 aromatic carbocycles. The summed E-state index contributed by atoms with van der Waals surface area (Å²) in [4.78, 5) is 0. The van der Waals surface area contributed by atoms with Gasteiger partial charge in [0.1, 0.15) is 0 Å². The Labute approximate surface area is 122 Å². The van der Waals surface area contributed by atoms with Crippen LogP contribution in [0.5, 0.6) is 0 Å². The molecule has 0 bridgehead atoms. The van der Waals surface area contributed by atoms with Crippen molar-refractivity contribution >= 4 is 46.4 Å². The van der Waals surface area contributed by atoms with Gasteiger partial charge in [-0.05, 0) is 12.8 Å². The molecule has 2 fully saturated rings. The predicted molar refractivity (Wildman–Crippen MR) is 64.2 cm³/mol. The van der Waals surface area contributed by atoms with Gasteiger partial charge in [-0.1, -0.05) is 59.2 Å². The van der Waals surface area contributed by atoms with E-state index in [1.54, 1.807) is 0 Å². The van der Waals surface area contributed by atoms with Crippen LogP contribution in [0.4, 0.5) is 17.6 Å². The minimum absolute atomic E-state index is 0.0572. The van der Waals surface area contributed by atoms with Crippen molar-refractivity contribution in [1.29, 1.82) is 0 Å². The lowest BCUT2D eigenvalue weighted by Gasteiger charge is -2.55. The van der Waals surface area contributed by atoms with E-state index < -0.39 is 32.3 Å². The maximum absolute atomic E-state index is 13.9. The van der Waals surface area contributed by atoms with Crippen LogP contribution in [0.15, 0.2) is 0 Å². The van der Waals surface area contributed by atoms with Gasteiger partial charge in [0, 0.05) is 11.8 Å². The Balaban J connectivity index is 2.56. The predicted octanol–water partition coefficient (Wildman–Crippen LogP) is 5.42. The van der Waals surface area contributed by atoms with Crippen LogP contribution in [-0.2, 0) is 0 Å². The fourth-order valence-corrected chi connectivity index (χ4v) is 4.18. The molecule has 0 amide bonds. The van der Waals surface area contributed by atoms with Crippen molar-refractivity contribution in [1.82, 2.24) is 0 Å². The molecule has 0 aromatic rings. The van der Waals surface area contributed by atoms with Crippen LogP contribution in [0.25, 0.3) is 0 Å². The smallest absolute Gasteiger partial charge is 0.199 e. The van der Waals surface area contributed by atoms with Crippen molar-refractivity contribution in [2.45, 2.75) is 46.2 Å². The van der Waals surface area contributed by atoms with Gasteiger partial charge >= 0.3 is 11.8 Å². The maximum atomic E-state index is 13.9. The zero-order valence-electron chi connectivity index (χ0n) is 9.01. The molecule has 0 radical (unpaired) electrons. The molecular weight excluding hydrogens is 338 g/mol. The van der Waals surface area contributed by atoms with Crippen LogP contribution in [0.3, 0.4) is 0 Å². The Bertz CT molecular complexity index is 322. The molecule has 0 saturated heterocycles. The van der Waals surface area contributed by atoms with Crippen LogP contribution in [0.2, 0.25) is 0 Å². The van der Waals surface area contributed by atoms with Crippen molar-refractivity contribution in [3.8, 4) is 0 Å². The van der Waals surface area contributed by atoms with E-state index in [4.69, 9.17) is 46.4 Å². The van der Waals surface area contributed by atoms with Gasteiger partial charge < -0.3 is 0 Å². The number of hydrogen-bond acceptors (Lipinski definition) is 0. The van der Waals surface area contributed by atoms with Gasteiger partial charge in [0.05, 0.1) is 0 Å². The average molecular weight is 348 g/mol. The Hall–Kier alpha value is 0.880. The molecule has 2 aliphatic rings. The summed E-state index contributed by atoms with van der Waals surface area (Å²) in [7, 11) is 0. The van der Waals surface area contributed by atoms with Crippen molar-refractivity contribution in [2.24, 2.45) is 11.8 Å². The molecule has 2 atom stereocenters. The maximum Gasteiger partial charge on any atom is 0.345 e. The Morgan fingerprint density at radius 1 is 0.778 bits per heavy atom. The van der Waals surface area contributed by atoms with Gasteiger partial charge in [0.25, 0.3) is 0 Å². The standard InChI is InChI=1S/C10H10Cl4F4/c11-7(12)5-3-1-2-4-6(5)8(15,16)10(17,18)9(7,13)14/h5-6H,1-4H2. The highest BCUT2D eigenvalue weighted by molar-refractivity contribution is 6.63. The second-order valence-electron chi connectivity index (χ2n) is 4.89. The van der Waals surface area contributed by atoms with Gasteiger partial charge in [-0.25, -0.2) is 0 Å². The molecule has 0 spiro atoms. The van der Waals surface area contributed by atoms with Crippen LogP contribution in [-0.4, -0.2) is 20.5 Å². The van der Waals surface area contributed by atoms with Crippen LogP contribution >= 0.6 is 46.4 Å². The Kier molecular flexibility index (Phi) is 3.55. The van der Waals surface area contributed by atoms with Gasteiger partial charge in [0.15, 0.2) is 4.33 Å². The SMILES string of the molecule is FC1(F)C2CCCCC2C(Cl)(Cl)C(Cl)(Cl)C1(F)F. The molecule has 0 N–H and O–H groups in total. The van der Waals surface area contributed by atoms with Crippen molar-refractivity contribution in [3.05, 3.63) is 0 Å². The summed E-state index contributed by atoms with van der Waals surface area (Å²) in [5.41, 5.74) is 0. The van der Waals surface area contributed by atoms with E-state index in [1.165, 1.54) is 0 Å². The third kappa shape index (κ3) is 1.64. The van der Waals surface area contributed by atoms with Crippen LogP contribution < -0.4 is 0 Å². The molecule has 0 heterocycles. The number of rotatable bonds is 0. The normalized spacial score (nSPS) is 40.0. The third-order valence-corrected chi connectivity index (χ3v) is 6.51. The molecule has 2 saturated carbocycles. The number of alkyl halides is 8. The highest BCUT2D eigenvalue weighted by Gasteiger charge is 2.83. The quantitative estimate of drug-likeness (QED) is 0.405. The van der Waals surface area contributed by atoms with Crippen molar-refractivity contribution < 1.29 is 17.6 Å². The van der Waals surface area contributed by atoms with E-state index in [9.17, 15) is 17.6 Å². The lowest BCUT2D eigenvalue weighted by Crippen LogP contribution is -2.71. The fraction of sp³-hybridized carbons (Fsp3) is 1.00. The summed E-state index contributed by atoms with van der Waals surface area (Å²) >= 11 is 22.5. The van der Waals surface area contributed by atoms with E-state index in [0.29, 0.717) is 12.8 Å². The van der Waals surface area contributed by atoms with E-state index in [1.807, 2.05) is 0 Å². The van der Waals surface area contributed by atoms with Crippen LogP contribution in [0, 0.1) is 11.8 Å². The summed E-state index contributed by atoms with van der Waals surface area (Å²) < 4.78 is 50.0. The van der Waals surface area contributed by atoms with E-state index in [0.717, 1.165) is 0 Å². The first-order valence-electron chi connectivity index (χ1n) is 5.49. The number of hydrogen-bond donors (Lipinski definition) is 0. The Morgan fingerprint density at radius 2 is 1.22 bits per heavy atom. The van der Waals surface area contributed by atoms with Gasteiger partial charge in [-0.2, -0.15) is 17.6 Å². The molecule has 0 aromatic heterocycles. The third-order valence-electron chi connectivity index (χ3n) is 3.93. The lowest BCUT2D eigenvalue weighted by molar-refractivity contribution is -0.278. The summed E-state index contributed by atoms with van der Waals surface area (Å²) in [6, 6.07) is 0. The summed E-state index contributed by atoms with van der Waals surface area (Å²) in [6.07, 6.45) is 1.19. The molecule has 0 aliphatic heterocycles. The van der Waals surface area contributed by atoms with Crippen molar-refractivity contribution in [3.63, 3.8) is 0 Å². The van der Waals surface area contributed by atoms with E-state index in [-0.39, 0.29) is 12.8 Å². The molecule has 2 unspecified atom stereocenters. The largest absolute Gasteiger partial charge is 0.345 e. The number of halogens is 8. The zero-order chi connectivity index (χ0) is 14.0. The van der Waals surface area contributed by atoms with Gasteiger partial charge in [-0.15, -0.1) is 0 Å². The summed E-state index contributed by atoms with van der Waals surface area (Å²) in [5, 5.41) is 0. The minimum atomic E-state index is -4.68. The second kappa shape index (κ2) is 4.19. The molecular formula is C10H10Cl4F4. The molecule has 8 heteroatoms. The van der Waals surface area contributed by atoms with Crippen LogP contribution in [0.1, 0.15) is 25.7 Å². The lowest BCUT2D eigenvalue weighted by atomic mass is 9.66. The molecule has 18 heavy (non-hydrogen) atoms. The molecule has 0 nitrogen and oxygen atoms in total. The topological polar surface area (TPSA) is 0 Å². The Morgan fingerprint density at radius 3 is 1.72 bits per heavy atom. The first-order valence-corrected chi connectivity index (χ1v) is 7.00. The van der Waals surface area contributed by atoms with Gasteiger partial charge in [0.2, 0.25) is 4.33 Å². The summed E-state index contributed by atoms with van der Waals surface area (Å²) in [5.74, 6) is -11.6. The number of fused-ring (bicyclic) bond motifs is 1. The second-order valence-corrected chi connectivity index (χ2v) is 7.61. The molecule has 2 rings (SSSR count). The van der Waals surface area contributed by atoms with Gasteiger partial charge in [-0.3, -0.25) is 0 Å². The van der Waals surface area contributed by atoms with E-state index >= 15 is 0 Å². The highest BCUT2D eigenvalue weighted by Crippen LogP contribution is 2.69. The average Bonchev–Trinajstić information content (AvgIpc) is 2.27. The zero-order valence-corrected chi connectivity index (χ0v) is 12.0. The first-order chi connectivity index (χ1) is 7.98. The van der Waals surface area contributed by atoms with E-state index in [2.05, 4.69) is 0 Å². The highest BCUT2D eigenvalue weighted by atomic mass is 35.5.